The van der Waals surface area contributed by atoms with Crippen molar-refractivity contribution < 1.29 is 9.31 Å². The van der Waals surface area contributed by atoms with Crippen LogP contribution in [0.5, 0.6) is 0 Å². The lowest BCUT2D eigenvalue weighted by molar-refractivity contribution is -0.384. The van der Waals surface area contributed by atoms with E-state index < -0.39 is 10.7 Å². The quantitative estimate of drug-likeness (QED) is 0.688. The van der Waals surface area contributed by atoms with Crippen molar-refractivity contribution in [2.24, 2.45) is 5.73 Å². The Bertz CT molecular complexity index is 519. The second-order valence-electron chi connectivity index (χ2n) is 5.19. The Morgan fingerprint density at radius 2 is 2.00 bits per heavy atom. The molecule has 2 rings (SSSR count). The molecule has 1 aliphatic rings. The van der Waals surface area contributed by atoms with Crippen LogP contribution in [-0.2, 0) is 0 Å². The number of benzene rings is 1. The average molecular weight is 302 g/mol. The summed E-state index contributed by atoms with van der Waals surface area (Å²) in [6.45, 7) is 0. The molecule has 7 heteroatoms. The molecule has 0 amide bonds. The zero-order valence-corrected chi connectivity index (χ0v) is 11.9. The van der Waals surface area contributed by atoms with Gasteiger partial charge in [0, 0.05) is 19.1 Å². The van der Waals surface area contributed by atoms with Gasteiger partial charge in [0.15, 0.2) is 0 Å². The number of nitrogens with two attached hydrogens (primary N) is 1. The van der Waals surface area contributed by atoms with Gasteiger partial charge in [-0.2, -0.15) is 0 Å². The van der Waals surface area contributed by atoms with Crippen molar-refractivity contribution in [3.63, 3.8) is 0 Å². The Morgan fingerprint density at radius 1 is 1.40 bits per heavy atom. The number of nitro groups is 1. The van der Waals surface area contributed by atoms with E-state index >= 15 is 0 Å². The Morgan fingerprint density at radius 3 is 2.55 bits per heavy atom. The second-order valence-corrected chi connectivity index (χ2v) is 5.60. The molecule has 1 fully saturated rings. The lowest BCUT2D eigenvalue weighted by atomic mass is 9.90. The van der Waals surface area contributed by atoms with E-state index in [-0.39, 0.29) is 22.8 Å². The van der Waals surface area contributed by atoms with Gasteiger partial charge in [0.2, 0.25) is 0 Å². The molecule has 2 N–H and O–H groups in total. The van der Waals surface area contributed by atoms with Gasteiger partial charge in [-0.05, 0) is 31.7 Å². The van der Waals surface area contributed by atoms with E-state index in [4.69, 9.17) is 17.3 Å². The van der Waals surface area contributed by atoms with Gasteiger partial charge in [-0.3, -0.25) is 10.1 Å². The molecule has 1 aromatic rings. The maximum Gasteiger partial charge on any atom is 0.295 e. The molecule has 0 spiro atoms. The zero-order chi connectivity index (χ0) is 14.9. The molecule has 0 unspecified atom stereocenters. The first-order valence-electron chi connectivity index (χ1n) is 6.52. The Labute approximate surface area is 121 Å². The smallest absolute Gasteiger partial charge is 0.295 e. The summed E-state index contributed by atoms with van der Waals surface area (Å²) >= 11 is 5.75. The molecule has 110 valence electrons. The summed E-state index contributed by atoms with van der Waals surface area (Å²) in [7, 11) is 1.78. The maximum absolute atomic E-state index is 13.4. The van der Waals surface area contributed by atoms with Crippen LogP contribution in [-0.4, -0.2) is 24.1 Å². The van der Waals surface area contributed by atoms with Gasteiger partial charge in [-0.1, -0.05) is 11.6 Å². The van der Waals surface area contributed by atoms with Gasteiger partial charge in [-0.15, -0.1) is 0 Å². The predicted octanol–water partition coefficient (Wildman–Crippen LogP) is 3.09. The number of halogens is 2. The van der Waals surface area contributed by atoms with Crippen molar-refractivity contribution in [2.75, 3.05) is 11.9 Å². The van der Waals surface area contributed by atoms with E-state index in [1.165, 1.54) is 6.07 Å². The molecular weight excluding hydrogens is 285 g/mol. The van der Waals surface area contributed by atoms with Gasteiger partial charge in [0.1, 0.15) is 11.5 Å². The van der Waals surface area contributed by atoms with Crippen LogP contribution < -0.4 is 10.6 Å². The fourth-order valence-corrected chi connectivity index (χ4v) is 2.80. The molecule has 1 saturated carbocycles. The Balaban J connectivity index is 2.31. The Kier molecular flexibility index (Phi) is 4.45. The van der Waals surface area contributed by atoms with Gasteiger partial charge < -0.3 is 10.6 Å². The molecule has 0 aromatic heterocycles. The SMILES string of the molecule is CN(c1cc(Cl)c(F)cc1[N+](=O)[O-])C1CCC(N)CC1. The van der Waals surface area contributed by atoms with Crippen LogP contribution in [0.3, 0.4) is 0 Å². The molecular formula is C13H17ClFN3O2. The molecule has 0 atom stereocenters. The molecule has 0 radical (unpaired) electrons. The molecule has 0 bridgehead atoms. The number of anilines is 1. The minimum absolute atomic E-state index is 0.107. The minimum Gasteiger partial charge on any atom is -0.366 e. The van der Waals surface area contributed by atoms with Gasteiger partial charge in [0.25, 0.3) is 5.69 Å². The number of rotatable bonds is 3. The molecule has 1 aromatic carbocycles. The van der Waals surface area contributed by atoms with Crippen LogP contribution in [0.1, 0.15) is 25.7 Å². The largest absolute Gasteiger partial charge is 0.366 e. The van der Waals surface area contributed by atoms with E-state index in [2.05, 4.69) is 0 Å². The average Bonchev–Trinajstić information content (AvgIpc) is 2.41. The summed E-state index contributed by atoms with van der Waals surface area (Å²) in [6, 6.07) is 2.56. The van der Waals surface area contributed by atoms with Crippen LogP contribution in [0, 0.1) is 15.9 Å². The highest BCUT2D eigenvalue weighted by molar-refractivity contribution is 6.31. The molecule has 20 heavy (non-hydrogen) atoms. The number of hydrogen-bond donors (Lipinski definition) is 1. The second kappa shape index (κ2) is 5.93. The van der Waals surface area contributed by atoms with E-state index in [1.54, 1.807) is 7.05 Å². The van der Waals surface area contributed by atoms with Crippen LogP contribution in [0.2, 0.25) is 5.02 Å². The third-order valence-corrected chi connectivity index (χ3v) is 4.17. The topological polar surface area (TPSA) is 72.4 Å². The highest BCUT2D eigenvalue weighted by Gasteiger charge is 2.27. The molecule has 0 heterocycles. The number of nitro benzene ring substituents is 1. The molecule has 0 aliphatic heterocycles. The first-order valence-corrected chi connectivity index (χ1v) is 6.89. The molecule has 1 aliphatic carbocycles. The lowest BCUT2D eigenvalue weighted by Crippen LogP contribution is -2.39. The first-order chi connectivity index (χ1) is 9.40. The molecule has 5 nitrogen and oxygen atoms in total. The summed E-state index contributed by atoms with van der Waals surface area (Å²) in [4.78, 5) is 12.3. The number of nitrogens with zero attached hydrogens (tertiary/aromatic N) is 2. The first kappa shape index (κ1) is 15.0. The number of hydrogen-bond acceptors (Lipinski definition) is 4. The monoisotopic (exact) mass is 301 g/mol. The van der Waals surface area contributed by atoms with Crippen molar-refractivity contribution in [2.45, 2.75) is 37.8 Å². The van der Waals surface area contributed by atoms with Crippen LogP contribution in [0.15, 0.2) is 12.1 Å². The van der Waals surface area contributed by atoms with Crippen molar-refractivity contribution in [1.82, 2.24) is 0 Å². The van der Waals surface area contributed by atoms with Crippen molar-refractivity contribution >= 4 is 23.0 Å². The van der Waals surface area contributed by atoms with Crippen molar-refractivity contribution in [1.29, 1.82) is 0 Å². The lowest BCUT2D eigenvalue weighted by Gasteiger charge is -2.34. The predicted molar refractivity (Wildman–Crippen MR) is 76.7 cm³/mol. The zero-order valence-electron chi connectivity index (χ0n) is 11.2. The fourth-order valence-electron chi connectivity index (χ4n) is 2.64. The van der Waals surface area contributed by atoms with E-state index in [9.17, 15) is 14.5 Å². The summed E-state index contributed by atoms with van der Waals surface area (Å²) in [5, 5.41) is 11.0. The van der Waals surface area contributed by atoms with Gasteiger partial charge in [0.05, 0.1) is 16.0 Å². The van der Waals surface area contributed by atoms with Crippen molar-refractivity contribution in [3.05, 3.63) is 33.1 Å². The maximum atomic E-state index is 13.4. The third-order valence-electron chi connectivity index (χ3n) is 3.88. The summed E-state index contributed by atoms with van der Waals surface area (Å²) in [5.74, 6) is -0.777. The van der Waals surface area contributed by atoms with E-state index in [0.29, 0.717) is 5.69 Å². The third kappa shape index (κ3) is 3.02. The summed E-state index contributed by atoms with van der Waals surface area (Å²) in [6.07, 6.45) is 3.50. The standard InChI is InChI=1S/C13H17ClFN3O2/c1-17(9-4-2-8(16)3-5-9)12-6-10(14)11(15)7-13(12)18(19)20/h6-9H,2-5,16H2,1H3. The molecule has 0 saturated heterocycles. The van der Waals surface area contributed by atoms with Crippen LogP contribution in [0.4, 0.5) is 15.8 Å². The minimum atomic E-state index is -0.777. The summed E-state index contributed by atoms with van der Waals surface area (Å²) in [5.41, 5.74) is 5.95. The Hall–Kier alpha value is -1.40. The van der Waals surface area contributed by atoms with E-state index in [0.717, 1.165) is 31.7 Å². The van der Waals surface area contributed by atoms with Crippen molar-refractivity contribution in [3.8, 4) is 0 Å². The fraction of sp³-hybridized carbons (Fsp3) is 0.538. The highest BCUT2D eigenvalue weighted by atomic mass is 35.5. The van der Waals surface area contributed by atoms with Gasteiger partial charge >= 0.3 is 0 Å². The van der Waals surface area contributed by atoms with Crippen LogP contribution >= 0.6 is 11.6 Å². The highest BCUT2D eigenvalue weighted by Crippen LogP contribution is 2.35. The van der Waals surface area contributed by atoms with E-state index in [1.807, 2.05) is 4.90 Å². The van der Waals surface area contributed by atoms with Crippen LogP contribution in [0.25, 0.3) is 0 Å². The van der Waals surface area contributed by atoms with Gasteiger partial charge in [-0.25, -0.2) is 4.39 Å². The normalized spacial score (nSPS) is 22.6. The summed E-state index contributed by atoms with van der Waals surface area (Å²) < 4.78 is 13.4.